The molecule has 0 aromatic carbocycles. The molecule has 0 bridgehead atoms. The quantitative estimate of drug-likeness (QED) is 0.818. The first kappa shape index (κ1) is 11.1. The third-order valence-electron chi connectivity index (χ3n) is 1.45. The van der Waals surface area contributed by atoms with Crippen LogP contribution in [-0.2, 0) is 0 Å². The molecule has 1 aromatic heterocycles. The van der Waals surface area contributed by atoms with Crippen LogP contribution in [0, 0.1) is 3.57 Å². The van der Waals surface area contributed by atoms with Crippen LogP contribution < -0.4 is 5.73 Å². The fourth-order valence-electron chi connectivity index (χ4n) is 0.842. The van der Waals surface area contributed by atoms with Gasteiger partial charge in [0.05, 0.1) is 5.69 Å². The summed E-state index contributed by atoms with van der Waals surface area (Å²) in [5.74, 6) is -1.35. The number of halogens is 3. The van der Waals surface area contributed by atoms with Gasteiger partial charge in [-0.3, -0.25) is 0 Å². The predicted octanol–water partition coefficient (Wildman–Crippen LogP) is 1.90. The number of nitrogens with two attached hydrogens (primary N) is 1. The highest BCUT2D eigenvalue weighted by Crippen LogP contribution is 2.25. The van der Waals surface area contributed by atoms with Crippen molar-refractivity contribution in [2.45, 2.75) is 6.43 Å². The van der Waals surface area contributed by atoms with E-state index in [9.17, 15) is 13.6 Å². The van der Waals surface area contributed by atoms with Crippen LogP contribution in [0.15, 0.2) is 6.07 Å². The Balaban J connectivity index is 3.34. The second-order valence-electron chi connectivity index (χ2n) is 2.40. The fraction of sp³-hybridized carbons (Fsp3) is 0.143. The maximum atomic E-state index is 12.3. The number of carbonyl (C=O) groups is 1. The van der Waals surface area contributed by atoms with Crippen LogP contribution in [0.2, 0.25) is 0 Å². The van der Waals surface area contributed by atoms with Crippen LogP contribution in [-0.4, -0.2) is 16.1 Å². The van der Waals surface area contributed by atoms with Crippen LogP contribution >= 0.6 is 22.6 Å². The van der Waals surface area contributed by atoms with Crippen LogP contribution in [0.5, 0.6) is 0 Å². The number of aromatic nitrogens is 1. The molecule has 1 heterocycles. The van der Waals surface area contributed by atoms with Crippen molar-refractivity contribution in [3.05, 3.63) is 21.0 Å². The lowest BCUT2D eigenvalue weighted by atomic mass is 10.2. The van der Waals surface area contributed by atoms with Crippen LogP contribution in [0.25, 0.3) is 0 Å². The molecule has 0 unspecified atom stereocenters. The molecular formula is C7H5F2IN2O2. The number of aromatic carboxylic acids is 1. The maximum absolute atomic E-state index is 12.3. The van der Waals surface area contributed by atoms with Crippen molar-refractivity contribution in [3.63, 3.8) is 0 Å². The summed E-state index contributed by atoms with van der Waals surface area (Å²) in [6, 6.07) is 1.17. The average Bonchev–Trinajstić information content (AvgIpc) is 2.02. The zero-order chi connectivity index (χ0) is 10.9. The summed E-state index contributed by atoms with van der Waals surface area (Å²) in [5, 5.41) is 8.61. The topological polar surface area (TPSA) is 76.2 Å². The molecule has 14 heavy (non-hydrogen) atoms. The molecule has 0 saturated carbocycles. The Bertz CT molecular complexity index is 384. The van der Waals surface area contributed by atoms with Gasteiger partial charge in [0.1, 0.15) is 5.69 Å². The van der Waals surface area contributed by atoms with E-state index in [0.717, 1.165) is 0 Å². The number of rotatable bonds is 2. The minimum absolute atomic E-state index is 0.200. The summed E-state index contributed by atoms with van der Waals surface area (Å²) >= 11 is 1.67. The molecule has 7 heteroatoms. The highest BCUT2D eigenvalue weighted by molar-refractivity contribution is 14.1. The molecule has 0 aliphatic carbocycles. The molecular weight excluding hydrogens is 309 g/mol. The van der Waals surface area contributed by atoms with Gasteiger partial charge in [-0.15, -0.1) is 0 Å². The Morgan fingerprint density at radius 3 is 2.64 bits per heavy atom. The lowest BCUT2D eigenvalue weighted by Gasteiger charge is -2.06. The molecule has 0 amide bonds. The molecule has 0 saturated heterocycles. The molecule has 1 aromatic rings. The molecule has 0 aliphatic heterocycles. The third-order valence-corrected chi connectivity index (χ3v) is 2.27. The number of anilines is 1. The van der Waals surface area contributed by atoms with Gasteiger partial charge in [0.25, 0.3) is 6.43 Å². The molecule has 3 N–H and O–H groups in total. The monoisotopic (exact) mass is 314 g/mol. The van der Waals surface area contributed by atoms with Gasteiger partial charge in [0.2, 0.25) is 0 Å². The average molecular weight is 314 g/mol. The molecule has 1 rings (SSSR count). The molecule has 0 fully saturated rings. The zero-order valence-electron chi connectivity index (χ0n) is 6.67. The van der Waals surface area contributed by atoms with Crippen molar-refractivity contribution in [1.29, 1.82) is 0 Å². The number of nitrogen functional groups attached to an aromatic ring is 1. The third kappa shape index (κ3) is 2.08. The molecule has 0 radical (unpaired) electrons. The number of alkyl halides is 2. The van der Waals surface area contributed by atoms with E-state index in [-0.39, 0.29) is 9.26 Å². The van der Waals surface area contributed by atoms with E-state index in [1.165, 1.54) is 6.07 Å². The van der Waals surface area contributed by atoms with E-state index in [1.807, 2.05) is 0 Å². The number of hydrogen-bond acceptors (Lipinski definition) is 3. The van der Waals surface area contributed by atoms with E-state index < -0.39 is 23.8 Å². The zero-order valence-corrected chi connectivity index (χ0v) is 8.83. The van der Waals surface area contributed by atoms with Crippen molar-refractivity contribution >= 4 is 34.2 Å². The highest BCUT2D eigenvalue weighted by Gasteiger charge is 2.19. The van der Waals surface area contributed by atoms with E-state index in [0.29, 0.717) is 0 Å². The van der Waals surface area contributed by atoms with Crippen molar-refractivity contribution in [2.24, 2.45) is 0 Å². The second-order valence-corrected chi connectivity index (χ2v) is 3.56. The highest BCUT2D eigenvalue weighted by atomic mass is 127. The summed E-state index contributed by atoms with van der Waals surface area (Å²) < 4.78 is 24.8. The van der Waals surface area contributed by atoms with E-state index >= 15 is 0 Å². The standard InChI is InChI=1S/C7H5F2IN2O2/c8-6(9)5-3(11)1-2(10)4(12-5)7(13)14/h1,6H,11H2,(H,13,14). The lowest BCUT2D eigenvalue weighted by molar-refractivity contribution is 0.0687. The van der Waals surface area contributed by atoms with Gasteiger partial charge in [-0.05, 0) is 28.7 Å². The van der Waals surface area contributed by atoms with Crippen molar-refractivity contribution in [2.75, 3.05) is 5.73 Å². The number of pyridine rings is 1. The number of hydrogen-bond donors (Lipinski definition) is 2. The summed E-state index contributed by atoms with van der Waals surface area (Å²) in [6.45, 7) is 0. The Morgan fingerprint density at radius 1 is 1.64 bits per heavy atom. The van der Waals surface area contributed by atoms with Crippen LogP contribution in [0.1, 0.15) is 22.6 Å². The molecule has 4 nitrogen and oxygen atoms in total. The van der Waals surface area contributed by atoms with Gasteiger partial charge in [-0.25, -0.2) is 18.6 Å². The lowest BCUT2D eigenvalue weighted by Crippen LogP contribution is -2.09. The normalized spacial score (nSPS) is 10.6. The second kappa shape index (κ2) is 4.03. The first-order valence-corrected chi connectivity index (χ1v) is 4.48. The number of nitrogens with zero attached hydrogens (tertiary/aromatic N) is 1. The Labute approximate surface area is 91.3 Å². The fourth-order valence-corrected chi connectivity index (χ4v) is 1.53. The van der Waals surface area contributed by atoms with Gasteiger partial charge >= 0.3 is 5.97 Å². The van der Waals surface area contributed by atoms with Gasteiger partial charge in [-0.2, -0.15) is 0 Å². The molecule has 0 atom stereocenters. The largest absolute Gasteiger partial charge is 0.476 e. The Kier molecular flexibility index (Phi) is 3.19. The number of carboxylic acids is 1. The smallest absolute Gasteiger partial charge is 0.355 e. The SMILES string of the molecule is Nc1cc(I)c(C(=O)O)nc1C(F)F. The van der Waals surface area contributed by atoms with Crippen molar-refractivity contribution < 1.29 is 18.7 Å². The summed E-state index contributed by atoms with van der Waals surface area (Å²) in [6.07, 6.45) is -2.87. The van der Waals surface area contributed by atoms with Crippen LogP contribution in [0.4, 0.5) is 14.5 Å². The predicted molar refractivity (Wildman–Crippen MR) is 53.3 cm³/mol. The van der Waals surface area contributed by atoms with E-state index in [1.54, 1.807) is 22.6 Å². The van der Waals surface area contributed by atoms with Gasteiger partial charge in [0, 0.05) is 3.57 Å². The van der Waals surface area contributed by atoms with Gasteiger partial charge in [-0.1, -0.05) is 0 Å². The van der Waals surface area contributed by atoms with Crippen molar-refractivity contribution in [1.82, 2.24) is 4.98 Å². The van der Waals surface area contributed by atoms with Crippen molar-refractivity contribution in [3.8, 4) is 0 Å². The molecule has 0 spiro atoms. The Morgan fingerprint density at radius 2 is 2.21 bits per heavy atom. The van der Waals surface area contributed by atoms with E-state index in [4.69, 9.17) is 10.8 Å². The maximum Gasteiger partial charge on any atom is 0.355 e. The van der Waals surface area contributed by atoms with Gasteiger partial charge in [0.15, 0.2) is 5.69 Å². The van der Waals surface area contributed by atoms with Gasteiger partial charge < -0.3 is 10.8 Å². The molecule has 76 valence electrons. The Hall–Kier alpha value is -0.990. The summed E-state index contributed by atoms with van der Waals surface area (Å²) in [4.78, 5) is 13.8. The molecule has 0 aliphatic rings. The summed E-state index contributed by atoms with van der Waals surface area (Å²) in [7, 11) is 0. The summed E-state index contributed by atoms with van der Waals surface area (Å²) in [5.41, 5.74) is 3.95. The minimum Gasteiger partial charge on any atom is -0.476 e. The first-order valence-electron chi connectivity index (χ1n) is 3.41. The minimum atomic E-state index is -2.87. The van der Waals surface area contributed by atoms with Crippen LogP contribution in [0.3, 0.4) is 0 Å². The first-order chi connectivity index (χ1) is 6.43. The number of carboxylic acid groups (broad SMARTS) is 1. The van der Waals surface area contributed by atoms with E-state index in [2.05, 4.69) is 4.98 Å².